The first kappa shape index (κ1) is 15.8. The molecule has 2 aromatic rings. The van der Waals surface area contributed by atoms with Gasteiger partial charge in [0.15, 0.2) is 5.70 Å². The number of carbonyl (C=O) groups excluding carboxylic acids is 1. The molecule has 1 heterocycles. The van der Waals surface area contributed by atoms with Crippen LogP contribution >= 0.6 is 11.6 Å². The lowest BCUT2D eigenvalue weighted by Crippen LogP contribution is -2.06. The predicted molar refractivity (Wildman–Crippen MR) is 85.1 cm³/mol. The van der Waals surface area contributed by atoms with E-state index in [0.717, 1.165) is 0 Å². The molecule has 0 radical (unpaired) electrons. The SMILES string of the molecule is O=C1OC(c2ccc(Cl)c([N+](=O)[O-])c2)=NC1=Cc1cccc(F)c1. The standard InChI is InChI=1S/C16H8ClFN2O4/c17-12-5-4-10(8-14(12)20(22)23)15-19-13(16(21)24-15)7-9-2-1-3-11(18)6-9/h1-8H. The number of carbonyl (C=O) groups is 1. The third-order valence-electron chi connectivity index (χ3n) is 3.16. The van der Waals surface area contributed by atoms with Crippen molar-refractivity contribution in [1.82, 2.24) is 0 Å². The summed E-state index contributed by atoms with van der Waals surface area (Å²) in [7, 11) is 0. The zero-order chi connectivity index (χ0) is 17.3. The molecule has 0 atom stereocenters. The molecule has 1 aliphatic heterocycles. The molecule has 2 aromatic carbocycles. The summed E-state index contributed by atoms with van der Waals surface area (Å²) in [5, 5.41) is 10.9. The first-order valence-corrected chi connectivity index (χ1v) is 7.04. The number of cyclic esters (lactones) is 1. The highest BCUT2D eigenvalue weighted by atomic mass is 35.5. The van der Waals surface area contributed by atoms with E-state index in [0.29, 0.717) is 5.56 Å². The lowest BCUT2D eigenvalue weighted by Gasteiger charge is -2.00. The summed E-state index contributed by atoms with van der Waals surface area (Å²) in [5.41, 5.74) is 0.319. The molecule has 0 spiro atoms. The Morgan fingerprint density at radius 3 is 2.75 bits per heavy atom. The van der Waals surface area contributed by atoms with Crippen LogP contribution < -0.4 is 0 Å². The Labute approximate surface area is 140 Å². The Morgan fingerprint density at radius 2 is 2.04 bits per heavy atom. The number of hydrogen-bond acceptors (Lipinski definition) is 5. The van der Waals surface area contributed by atoms with Crippen LogP contribution in [0.1, 0.15) is 11.1 Å². The summed E-state index contributed by atoms with van der Waals surface area (Å²) in [6.07, 6.45) is 1.36. The van der Waals surface area contributed by atoms with Crippen molar-refractivity contribution < 1.29 is 18.8 Å². The highest BCUT2D eigenvalue weighted by Gasteiger charge is 2.26. The molecule has 1 aliphatic rings. The van der Waals surface area contributed by atoms with Crippen LogP contribution in [0, 0.1) is 15.9 Å². The van der Waals surface area contributed by atoms with Gasteiger partial charge in [0.1, 0.15) is 10.8 Å². The van der Waals surface area contributed by atoms with Crippen LogP contribution in [-0.4, -0.2) is 16.8 Å². The van der Waals surface area contributed by atoms with Crippen molar-refractivity contribution in [1.29, 1.82) is 0 Å². The minimum atomic E-state index is -0.730. The van der Waals surface area contributed by atoms with Gasteiger partial charge in [-0.2, -0.15) is 0 Å². The van der Waals surface area contributed by atoms with Crippen LogP contribution in [0.15, 0.2) is 53.2 Å². The fourth-order valence-electron chi connectivity index (χ4n) is 2.07. The number of hydrogen-bond donors (Lipinski definition) is 0. The summed E-state index contributed by atoms with van der Waals surface area (Å²) in [6.45, 7) is 0. The van der Waals surface area contributed by atoms with Gasteiger partial charge in [0.2, 0.25) is 5.90 Å². The molecule has 0 saturated heterocycles. The van der Waals surface area contributed by atoms with Gasteiger partial charge in [-0.1, -0.05) is 23.7 Å². The van der Waals surface area contributed by atoms with Gasteiger partial charge in [-0.3, -0.25) is 10.1 Å². The van der Waals surface area contributed by atoms with Gasteiger partial charge in [-0.05, 0) is 35.9 Å². The molecule has 120 valence electrons. The van der Waals surface area contributed by atoms with E-state index in [9.17, 15) is 19.3 Å². The summed E-state index contributed by atoms with van der Waals surface area (Å²) >= 11 is 5.74. The summed E-state index contributed by atoms with van der Waals surface area (Å²) in [4.78, 5) is 26.2. The molecule has 0 amide bonds. The molecule has 8 heteroatoms. The van der Waals surface area contributed by atoms with Crippen LogP contribution in [0.4, 0.5) is 10.1 Å². The Kier molecular flexibility index (Phi) is 4.09. The van der Waals surface area contributed by atoms with Gasteiger partial charge in [-0.25, -0.2) is 14.2 Å². The largest absolute Gasteiger partial charge is 0.402 e. The molecule has 0 bridgehead atoms. The average molecular weight is 347 g/mol. The zero-order valence-electron chi connectivity index (χ0n) is 11.9. The van der Waals surface area contributed by atoms with E-state index in [4.69, 9.17) is 16.3 Å². The van der Waals surface area contributed by atoms with Crippen LogP contribution in [0.2, 0.25) is 5.02 Å². The maximum absolute atomic E-state index is 13.2. The van der Waals surface area contributed by atoms with Crippen LogP contribution in [0.5, 0.6) is 0 Å². The first-order chi connectivity index (χ1) is 11.4. The molecule has 0 N–H and O–H groups in total. The van der Waals surface area contributed by atoms with Crippen molar-refractivity contribution in [3.63, 3.8) is 0 Å². The molecule has 24 heavy (non-hydrogen) atoms. The van der Waals surface area contributed by atoms with E-state index in [-0.39, 0.29) is 27.9 Å². The molecule has 0 unspecified atom stereocenters. The van der Waals surface area contributed by atoms with Crippen LogP contribution in [0.3, 0.4) is 0 Å². The number of nitro benzene ring substituents is 1. The third kappa shape index (κ3) is 3.16. The molecule has 3 rings (SSSR count). The normalized spacial score (nSPS) is 15.3. The minimum absolute atomic E-state index is 0.0341. The minimum Gasteiger partial charge on any atom is -0.402 e. The summed E-state index contributed by atoms with van der Waals surface area (Å²) in [6, 6.07) is 9.54. The van der Waals surface area contributed by atoms with E-state index < -0.39 is 16.7 Å². The van der Waals surface area contributed by atoms with E-state index in [2.05, 4.69) is 4.99 Å². The fourth-order valence-corrected chi connectivity index (χ4v) is 2.26. The Balaban J connectivity index is 1.98. The number of nitro groups is 1. The number of aliphatic imine (C=N–C) groups is 1. The smallest absolute Gasteiger partial charge is 0.363 e. The van der Waals surface area contributed by atoms with Gasteiger partial charge in [-0.15, -0.1) is 0 Å². The number of rotatable bonds is 3. The van der Waals surface area contributed by atoms with Crippen molar-refractivity contribution >= 4 is 35.2 Å². The lowest BCUT2D eigenvalue weighted by atomic mass is 10.2. The third-order valence-corrected chi connectivity index (χ3v) is 3.48. The molecular formula is C16H8ClFN2O4. The number of halogens is 2. The average Bonchev–Trinajstić information content (AvgIpc) is 2.88. The molecule has 0 saturated carbocycles. The van der Waals surface area contributed by atoms with Crippen molar-refractivity contribution in [3.8, 4) is 0 Å². The fraction of sp³-hybridized carbons (Fsp3) is 0. The van der Waals surface area contributed by atoms with Gasteiger partial charge < -0.3 is 4.74 Å². The van der Waals surface area contributed by atoms with Crippen LogP contribution in [0.25, 0.3) is 6.08 Å². The highest BCUT2D eigenvalue weighted by Crippen LogP contribution is 2.27. The number of esters is 1. The Morgan fingerprint density at radius 1 is 1.25 bits per heavy atom. The second-order valence-electron chi connectivity index (χ2n) is 4.81. The van der Waals surface area contributed by atoms with E-state index >= 15 is 0 Å². The second kappa shape index (κ2) is 6.21. The second-order valence-corrected chi connectivity index (χ2v) is 5.22. The van der Waals surface area contributed by atoms with Crippen molar-refractivity contribution in [2.45, 2.75) is 0 Å². The molecule has 0 fully saturated rings. The van der Waals surface area contributed by atoms with Crippen molar-refractivity contribution in [2.75, 3.05) is 0 Å². The number of benzene rings is 2. The van der Waals surface area contributed by atoms with E-state index in [1.807, 2.05) is 0 Å². The number of ether oxygens (including phenoxy) is 1. The predicted octanol–water partition coefficient (Wildman–Crippen LogP) is 3.73. The lowest BCUT2D eigenvalue weighted by molar-refractivity contribution is -0.384. The van der Waals surface area contributed by atoms with Gasteiger partial charge >= 0.3 is 5.97 Å². The van der Waals surface area contributed by atoms with Gasteiger partial charge in [0, 0.05) is 11.6 Å². The van der Waals surface area contributed by atoms with Crippen molar-refractivity contribution in [3.05, 3.63) is 80.2 Å². The topological polar surface area (TPSA) is 81.8 Å². The first-order valence-electron chi connectivity index (χ1n) is 6.66. The van der Waals surface area contributed by atoms with E-state index in [1.165, 1.54) is 42.5 Å². The maximum Gasteiger partial charge on any atom is 0.363 e. The number of nitrogens with zero attached hydrogens (tertiary/aromatic N) is 2. The van der Waals surface area contributed by atoms with Crippen LogP contribution in [-0.2, 0) is 9.53 Å². The molecular weight excluding hydrogens is 339 g/mol. The molecule has 0 aromatic heterocycles. The van der Waals surface area contributed by atoms with Gasteiger partial charge in [0.25, 0.3) is 5.69 Å². The molecule has 0 aliphatic carbocycles. The zero-order valence-corrected chi connectivity index (χ0v) is 12.7. The quantitative estimate of drug-likeness (QED) is 0.367. The van der Waals surface area contributed by atoms with E-state index in [1.54, 1.807) is 6.07 Å². The monoisotopic (exact) mass is 346 g/mol. The summed E-state index contributed by atoms with van der Waals surface area (Å²) < 4.78 is 18.2. The van der Waals surface area contributed by atoms with Crippen molar-refractivity contribution in [2.24, 2.45) is 4.99 Å². The molecule has 6 nitrogen and oxygen atoms in total. The van der Waals surface area contributed by atoms with Gasteiger partial charge in [0.05, 0.1) is 4.92 Å². The maximum atomic E-state index is 13.2. The highest BCUT2D eigenvalue weighted by molar-refractivity contribution is 6.32. The Hall–Kier alpha value is -3.06. The summed E-state index contributed by atoms with van der Waals surface area (Å²) in [5.74, 6) is -1.26. The Bertz CT molecular complexity index is 924.